The average molecular weight is 308 g/mol. The number of rotatable bonds is 2. The Bertz CT molecular complexity index is 703. The van der Waals surface area contributed by atoms with Gasteiger partial charge in [0.2, 0.25) is 0 Å². The van der Waals surface area contributed by atoms with Crippen LogP contribution in [0.4, 0.5) is 13.2 Å². The third-order valence-corrected chi connectivity index (χ3v) is 4.79. The van der Waals surface area contributed by atoms with Crippen molar-refractivity contribution in [3.8, 4) is 5.75 Å². The lowest BCUT2D eigenvalue weighted by Gasteiger charge is -2.27. The van der Waals surface area contributed by atoms with E-state index in [0.29, 0.717) is 16.9 Å². The molecule has 4 heteroatoms. The first-order valence-electron chi connectivity index (χ1n) is 7.67. The molecule has 22 heavy (non-hydrogen) atoms. The molecule has 0 spiro atoms. The molecule has 1 aliphatic carbocycles. The molecular weight excluding hydrogens is 289 g/mol. The summed E-state index contributed by atoms with van der Waals surface area (Å²) in [5.41, 5.74) is 0.376. The summed E-state index contributed by atoms with van der Waals surface area (Å²) in [6.45, 7) is 2.18. The number of halogens is 3. The first kappa shape index (κ1) is 15.2. The van der Waals surface area contributed by atoms with Crippen molar-refractivity contribution >= 4 is 10.8 Å². The molecule has 0 unspecified atom stereocenters. The normalized spacial score (nSPS) is 22.0. The van der Waals surface area contributed by atoms with Crippen LogP contribution in [0.15, 0.2) is 18.2 Å². The van der Waals surface area contributed by atoms with Gasteiger partial charge in [0.25, 0.3) is 0 Å². The van der Waals surface area contributed by atoms with E-state index in [2.05, 4.69) is 6.92 Å². The van der Waals surface area contributed by atoms with Crippen molar-refractivity contribution in [3.63, 3.8) is 0 Å². The fourth-order valence-electron chi connectivity index (χ4n) is 3.41. The molecule has 3 rings (SSSR count). The fraction of sp³-hybridized carbons (Fsp3) is 0.444. The molecule has 0 heterocycles. The Hall–Kier alpha value is -1.71. The van der Waals surface area contributed by atoms with E-state index in [4.69, 9.17) is 4.74 Å². The van der Waals surface area contributed by atoms with Gasteiger partial charge in [0.05, 0.1) is 12.5 Å². The molecule has 1 nitrogen and oxygen atoms in total. The second-order valence-corrected chi connectivity index (χ2v) is 6.23. The number of methoxy groups -OCH3 is 1. The van der Waals surface area contributed by atoms with Crippen LogP contribution >= 0.6 is 0 Å². The Labute approximate surface area is 128 Å². The predicted molar refractivity (Wildman–Crippen MR) is 80.7 cm³/mol. The van der Waals surface area contributed by atoms with Gasteiger partial charge >= 0.3 is 0 Å². The predicted octanol–water partition coefficient (Wildman–Crippen LogP) is 5.56. The quantitative estimate of drug-likeness (QED) is 0.706. The number of hydrogen-bond acceptors (Lipinski definition) is 1. The molecule has 1 fully saturated rings. The molecule has 2 aromatic rings. The second kappa shape index (κ2) is 5.82. The van der Waals surface area contributed by atoms with E-state index in [9.17, 15) is 13.2 Å². The molecule has 1 aliphatic rings. The van der Waals surface area contributed by atoms with Crippen molar-refractivity contribution < 1.29 is 17.9 Å². The van der Waals surface area contributed by atoms with E-state index in [0.717, 1.165) is 25.7 Å². The van der Waals surface area contributed by atoms with Gasteiger partial charge in [-0.25, -0.2) is 13.2 Å². The highest BCUT2D eigenvalue weighted by Crippen LogP contribution is 2.40. The Kier molecular flexibility index (Phi) is 4.02. The van der Waals surface area contributed by atoms with E-state index >= 15 is 0 Å². The van der Waals surface area contributed by atoms with Crippen molar-refractivity contribution in [3.05, 3.63) is 41.2 Å². The maximum absolute atomic E-state index is 14.4. The van der Waals surface area contributed by atoms with Gasteiger partial charge in [-0.1, -0.05) is 25.8 Å². The van der Waals surface area contributed by atoms with Crippen molar-refractivity contribution in [2.24, 2.45) is 5.92 Å². The van der Waals surface area contributed by atoms with Crippen LogP contribution in [-0.2, 0) is 0 Å². The summed E-state index contributed by atoms with van der Waals surface area (Å²) in [6, 6.07) is 4.62. The number of fused-ring (bicyclic) bond motifs is 1. The summed E-state index contributed by atoms with van der Waals surface area (Å²) in [5, 5.41) is 0.0515. The molecule has 0 bridgehead atoms. The van der Waals surface area contributed by atoms with Gasteiger partial charge in [0.1, 0.15) is 0 Å². The van der Waals surface area contributed by atoms with E-state index in [-0.39, 0.29) is 17.1 Å². The minimum absolute atomic E-state index is 0.0141. The lowest BCUT2D eigenvalue weighted by molar-refractivity contribution is 0.339. The molecular formula is C18H19F3O. The first-order valence-corrected chi connectivity index (χ1v) is 7.67. The number of benzene rings is 2. The van der Waals surface area contributed by atoms with Crippen molar-refractivity contribution in [2.75, 3.05) is 7.11 Å². The number of hydrogen-bond donors (Lipinski definition) is 0. The Morgan fingerprint density at radius 1 is 0.955 bits per heavy atom. The molecule has 0 saturated heterocycles. The van der Waals surface area contributed by atoms with Crippen LogP contribution in [0, 0.1) is 23.4 Å². The van der Waals surface area contributed by atoms with Gasteiger partial charge in [-0.15, -0.1) is 0 Å². The van der Waals surface area contributed by atoms with Crippen LogP contribution in [0.3, 0.4) is 0 Å². The van der Waals surface area contributed by atoms with Crippen LogP contribution < -0.4 is 4.74 Å². The van der Waals surface area contributed by atoms with E-state index in [1.807, 2.05) is 0 Å². The summed E-state index contributed by atoms with van der Waals surface area (Å²) >= 11 is 0. The fourth-order valence-corrected chi connectivity index (χ4v) is 3.41. The zero-order valence-corrected chi connectivity index (χ0v) is 12.8. The Morgan fingerprint density at radius 2 is 1.64 bits per heavy atom. The highest BCUT2D eigenvalue weighted by Gasteiger charge is 2.26. The van der Waals surface area contributed by atoms with Crippen molar-refractivity contribution in [2.45, 2.75) is 38.5 Å². The highest BCUT2D eigenvalue weighted by molar-refractivity contribution is 5.86. The number of ether oxygens (including phenoxy) is 1. The minimum atomic E-state index is -1.11. The molecule has 118 valence electrons. The minimum Gasteiger partial charge on any atom is -0.494 e. The van der Waals surface area contributed by atoms with Gasteiger partial charge in [0.15, 0.2) is 23.2 Å². The average Bonchev–Trinajstić information content (AvgIpc) is 2.52. The van der Waals surface area contributed by atoms with Crippen molar-refractivity contribution in [1.82, 2.24) is 0 Å². The molecule has 0 atom stereocenters. The van der Waals surface area contributed by atoms with Crippen LogP contribution in [0.1, 0.15) is 44.1 Å². The van der Waals surface area contributed by atoms with E-state index in [1.54, 1.807) is 12.1 Å². The molecule has 0 amide bonds. The molecule has 0 aromatic heterocycles. The van der Waals surface area contributed by atoms with Crippen LogP contribution in [0.2, 0.25) is 0 Å². The van der Waals surface area contributed by atoms with E-state index in [1.165, 1.54) is 13.2 Å². The lowest BCUT2D eigenvalue weighted by Crippen LogP contribution is -2.13. The highest BCUT2D eigenvalue weighted by atomic mass is 19.2. The van der Waals surface area contributed by atoms with E-state index < -0.39 is 17.5 Å². The zero-order chi connectivity index (χ0) is 15.9. The molecule has 0 aliphatic heterocycles. The topological polar surface area (TPSA) is 9.23 Å². The monoisotopic (exact) mass is 308 g/mol. The summed E-state index contributed by atoms with van der Waals surface area (Å²) < 4.78 is 47.9. The van der Waals surface area contributed by atoms with Crippen LogP contribution in [0.25, 0.3) is 10.8 Å². The standard InChI is InChI=1S/C18H19F3O/c1-10-3-5-11(6-4-10)13-9-12-7-8-14(22-2)17(20)15(12)18(21)16(13)19/h7-11H,3-6H2,1-2H3. The Morgan fingerprint density at radius 3 is 2.27 bits per heavy atom. The third kappa shape index (κ3) is 2.44. The van der Waals surface area contributed by atoms with Crippen LogP contribution in [-0.4, -0.2) is 7.11 Å². The smallest absolute Gasteiger partial charge is 0.175 e. The molecule has 2 aromatic carbocycles. The molecule has 0 N–H and O–H groups in total. The first-order chi connectivity index (χ1) is 10.5. The van der Waals surface area contributed by atoms with Gasteiger partial charge in [-0.05, 0) is 47.8 Å². The summed E-state index contributed by atoms with van der Waals surface area (Å²) in [7, 11) is 1.30. The third-order valence-electron chi connectivity index (χ3n) is 4.79. The maximum Gasteiger partial charge on any atom is 0.175 e. The van der Waals surface area contributed by atoms with Gasteiger partial charge in [-0.2, -0.15) is 0 Å². The second-order valence-electron chi connectivity index (χ2n) is 6.23. The summed E-state index contributed by atoms with van der Waals surface area (Å²) in [5.74, 6) is -2.31. The molecule has 0 radical (unpaired) electrons. The molecule has 1 saturated carbocycles. The van der Waals surface area contributed by atoms with Gasteiger partial charge < -0.3 is 4.74 Å². The van der Waals surface area contributed by atoms with Crippen molar-refractivity contribution in [1.29, 1.82) is 0 Å². The summed E-state index contributed by atoms with van der Waals surface area (Å²) in [6.07, 6.45) is 3.73. The van der Waals surface area contributed by atoms with Crippen LogP contribution in [0.5, 0.6) is 5.75 Å². The maximum atomic E-state index is 14.4. The largest absolute Gasteiger partial charge is 0.494 e. The summed E-state index contributed by atoms with van der Waals surface area (Å²) in [4.78, 5) is 0. The Balaban J connectivity index is 2.12. The zero-order valence-electron chi connectivity index (χ0n) is 12.8. The SMILES string of the molecule is COc1ccc2cc(C3CCC(C)CC3)c(F)c(F)c2c1F. The van der Waals surface area contributed by atoms with Gasteiger partial charge in [-0.3, -0.25) is 0 Å². The lowest BCUT2D eigenvalue weighted by atomic mass is 9.79. The van der Waals surface area contributed by atoms with Gasteiger partial charge in [0, 0.05) is 0 Å².